The highest BCUT2D eigenvalue weighted by atomic mass is 16.6. The minimum Gasteiger partial charge on any atom is -0.393 e. The summed E-state index contributed by atoms with van der Waals surface area (Å²) in [4.78, 5) is 22.1. The highest BCUT2D eigenvalue weighted by Gasteiger charge is 2.14. The summed E-state index contributed by atoms with van der Waals surface area (Å²) in [6.07, 6.45) is 0. The maximum atomic E-state index is 12.0. The van der Waals surface area contributed by atoms with Crippen LogP contribution < -0.4 is 11.1 Å². The van der Waals surface area contributed by atoms with Crippen molar-refractivity contribution in [3.8, 4) is 0 Å². The average Bonchev–Trinajstić information content (AvgIpc) is 2.47. The molecular weight excluding hydrogens is 274 g/mol. The van der Waals surface area contributed by atoms with Crippen LogP contribution >= 0.6 is 0 Å². The monoisotopic (exact) mass is 287 g/mol. The molecule has 21 heavy (non-hydrogen) atoms. The molecule has 0 aromatic heterocycles. The van der Waals surface area contributed by atoms with E-state index in [0.29, 0.717) is 5.69 Å². The van der Waals surface area contributed by atoms with Crippen LogP contribution in [0.2, 0.25) is 0 Å². The second kappa shape index (κ2) is 6.02. The molecule has 0 radical (unpaired) electrons. The molecule has 0 saturated heterocycles. The number of aliphatic hydroxyl groups is 1. The summed E-state index contributed by atoms with van der Waals surface area (Å²) in [6.45, 7) is -0.0763. The Labute approximate surface area is 120 Å². The van der Waals surface area contributed by atoms with Gasteiger partial charge in [-0.1, -0.05) is 12.1 Å². The van der Waals surface area contributed by atoms with E-state index < -0.39 is 10.8 Å². The van der Waals surface area contributed by atoms with Crippen LogP contribution in [-0.4, -0.2) is 15.9 Å². The molecule has 4 N–H and O–H groups in total. The van der Waals surface area contributed by atoms with Crippen LogP contribution in [-0.2, 0) is 6.61 Å². The van der Waals surface area contributed by atoms with Crippen LogP contribution in [0.25, 0.3) is 0 Å². The molecule has 0 spiro atoms. The lowest BCUT2D eigenvalue weighted by Crippen LogP contribution is -2.12. The maximum absolute atomic E-state index is 12.0. The van der Waals surface area contributed by atoms with Gasteiger partial charge < -0.3 is 16.2 Å². The van der Waals surface area contributed by atoms with Crippen molar-refractivity contribution in [1.82, 2.24) is 0 Å². The summed E-state index contributed by atoms with van der Waals surface area (Å²) in [5.41, 5.74) is 6.74. The summed E-state index contributed by atoms with van der Waals surface area (Å²) >= 11 is 0. The summed E-state index contributed by atoms with van der Waals surface area (Å²) in [5, 5.41) is 22.2. The number of carbonyl (C=O) groups excluding carboxylic acids is 1. The van der Waals surface area contributed by atoms with E-state index >= 15 is 0 Å². The van der Waals surface area contributed by atoms with Gasteiger partial charge in [0.25, 0.3) is 11.6 Å². The van der Waals surface area contributed by atoms with E-state index in [1.54, 1.807) is 24.3 Å². The Kier molecular flexibility index (Phi) is 4.15. The van der Waals surface area contributed by atoms with E-state index in [2.05, 4.69) is 5.32 Å². The first-order valence-corrected chi connectivity index (χ1v) is 6.06. The van der Waals surface area contributed by atoms with Crippen LogP contribution in [0, 0.1) is 10.1 Å². The number of carbonyl (C=O) groups is 1. The number of nitrogens with one attached hydrogen (secondary N) is 1. The first-order chi connectivity index (χ1) is 10.0. The van der Waals surface area contributed by atoms with Gasteiger partial charge in [-0.3, -0.25) is 14.9 Å². The molecule has 0 atom stereocenters. The topological polar surface area (TPSA) is 118 Å². The molecule has 0 saturated carbocycles. The van der Waals surface area contributed by atoms with Crippen LogP contribution in [0.4, 0.5) is 17.1 Å². The first-order valence-electron chi connectivity index (χ1n) is 6.06. The third-order valence-electron chi connectivity index (χ3n) is 2.88. The normalized spacial score (nSPS) is 10.1. The summed E-state index contributed by atoms with van der Waals surface area (Å²) < 4.78 is 0. The van der Waals surface area contributed by atoms with Crippen LogP contribution in [0.5, 0.6) is 0 Å². The summed E-state index contributed by atoms with van der Waals surface area (Å²) in [6, 6.07) is 10.5. The summed E-state index contributed by atoms with van der Waals surface area (Å²) in [7, 11) is 0. The van der Waals surface area contributed by atoms with Crippen LogP contribution in [0.3, 0.4) is 0 Å². The van der Waals surface area contributed by atoms with Gasteiger partial charge >= 0.3 is 0 Å². The van der Waals surface area contributed by atoms with Gasteiger partial charge in [0, 0.05) is 17.3 Å². The van der Waals surface area contributed by atoms with E-state index in [-0.39, 0.29) is 23.5 Å². The molecule has 1 amide bonds. The molecule has 0 heterocycles. The third-order valence-corrected chi connectivity index (χ3v) is 2.88. The Morgan fingerprint density at radius 2 is 1.90 bits per heavy atom. The van der Waals surface area contributed by atoms with Crippen LogP contribution in [0.1, 0.15) is 15.9 Å². The van der Waals surface area contributed by atoms with Crippen molar-refractivity contribution >= 4 is 23.0 Å². The van der Waals surface area contributed by atoms with Crippen molar-refractivity contribution in [1.29, 1.82) is 0 Å². The molecule has 0 bridgehead atoms. The lowest BCUT2D eigenvalue weighted by Gasteiger charge is -2.06. The van der Waals surface area contributed by atoms with E-state index in [4.69, 9.17) is 10.8 Å². The number of hydrogen-bond donors (Lipinski definition) is 3. The smallest absolute Gasteiger partial charge is 0.292 e. The number of nitro groups is 1. The molecule has 108 valence electrons. The van der Waals surface area contributed by atoms with Gasteiger partial charge in [-0.25, -0.2) is 0 Å². The number of aliphatic hydroxyl groups excluding tert-OH is 1. The second-order valence-electron chi connectivity index (χ2n) is 4.34. The Balaban J connectivity index is 2.16. The lowest BCUT2D eigenvalue weighted by atomic mass is 10.1. The number of benzene rings is 2. The predicted octanol–water partition coefficient (Wildman–Crippen LogP) is 1.92. The molecule has 7 heteroatoms. The minimum absolute atomic E-state index is 0.0664. The van der Waals surface area contributed by atoms with Crippen molar-refractivity contribution in [2.75, 3.05) is 11.1 Å². The number of nitrogens with two attached hydrogens (primary N) is 1. The quantitative estimate of drug-likeness (QED) is 0.451. The first kappa shape index (κ1) is 14.5. The summed E-state index contributed by atoms with van der Waals surface area (Å²) in [5.74, 6) is -0.423. The number of rotatable bonds is 4. The fourth-order valence-corrected chi connectivity index (χ4v) is 1.76. The zero-order valence-corrected chi connectivity index (χ0v) is 10.9. The largest absolute Gasteiger partial charge is 0.393 e. The number of hydrogen-bond acceptors (Lipinski definition) is 5. The fraction of sp³-hybridized carbons (Fsp3) is 0.0714. The highest BCUT2D eigenvalue weighted by molar-refractivity contribution is 6.05. The minimum atomic E-state index is -0.607. The van der Waals surface area contributed by atoms with Crippen molar-refractivity contribution in [3.63, 3.8) is 0 Å². The third kappa shape index (κ3) is 3.34. The zero-order valence-electron chi connectivity index (χ0n) is 10.9. The van der Waals surface area contributed by atoms with Crippen LogP contribution in [0.15, 0.2) is 42.5 Å². The van der Waals surface area contributed by atoms with Gasteiger partial charge in [-0.05, 0) is 29.8 Å². The number of nitrogen functional groups attached to an aromatic ring is 1. The molecule has 0 fully saturated rings. The average molecular weight is 287 g/mol. The van der Waals surface area contributed by atoms with E-state index in [1.165, 1.54) is 18.2 Å². The maximum Gasteiger partial charge on any atom is 0.292 e. The molecule has 0 aliphatic heterocycles. The standard InChI is InChI=1S/C14H13N3O4/c15-12-7-10(3-6-13(12)17(20)21)14(19)16-11-4-1-9(8-18)2-5-11/h1-7,18H,8,15H2,(H,16,19). The van der Waals surface area contributed by atoms with Crippen molar-refractivity contribution in [2.45, 2.75) is 6.61 Å². The number of nitro benzene ring substituents is 1. The fourth-order valence-electron chi connectivity index (χ4n) is 1.76. The Bertz CT molecular complexity index is 683. The van der Waals surface area contributed by atoms with Crippen molar-refractivity contribution in [2.24, 2.45) is 0 Å². The number of amides is 1. The van der Waals surface area contributed by atoms with Gasteiger partial charge in [0.1, 0.15) is 5.69 Å². The van der Waals surface area contributed by atoms with Crippen molar-refractivity contribution < 1.29 is 14.8 Å². The Hall–Kier alpha value is -2.93. The van der Waals surface area contributed by atoms with Gasteiger partial charge in [-0.2, -0.15) is 0 Å². The highest BCUT2D eigenvalue weighted by Crippen LogP contribution is 2.22. The molecule has 7 nitrogen and oxygen atoms in total. The van der Waals surface area contributed by atoms with E-state index in [1.807, 2.05) is 0 Å². The molecular formula is C14H13N3O4. The van der Waals surface area contributed by atoms with Gasteiger partial charge in [0.15, 0.2) is 0 Å². The number of anilines is 2. The lowest BCUT2D eigenvalue weighted by molar-refractivity contribution is -0.383. The molecule has 0 unspecified atom stereocenters. The Morgan fingerprint density at radius 1 is 1.24 bits per heavy atom. The van der Waals surface area contributed by atoms with Gasteiger partial charge in [0.05, 0.1) is 11.5 Å². The van der Waals surface area contributed by atoms with Crippen molar-refractivity contribution in [3.05, 3.63) is 63.7 Å². The molecule has 2 aromatic carbocycles. The van der Waals surface area contributed by atoms with Gasteiger partial charge in [-0.15, -0.1) is 0 Å². The second-order valence-corrected chi connectivity index (χ2v) is 4.34. The molecule has 2 aromatic rings. The van der Waals surface area contributed by atoms with E-state index in [0.717, 1.165) is 5.56 Å². The predicted molar refractivity (Wildman–Crippen MR) is 77.8 cm³/mol. The number of nitrogens with zero attached hydrogens (tertiary/aromatic N) is 1. The zero-order chi connectivity index (χ0) is 15.4. The van der Waals surface area contributed by atoms with Gasteiger partial charge in [0.2, 0.25) is 0 Å². The molecule has 0 aliphatic rings. The molecule has 0 aliphatic carbocycles. The van der Waals surface area contributed by atoms with E-state index in [9.17, 15) is 14.9 Å². The SMILES string of the molecule is Nc1cc(C(=O)Nc2ccc(CO)cc2)ccc1[N+](=O)[O-]. The Morgan fingerprint density at radius 3 is 2.43 bits per heavy atom. The molecule has 2 rings (SSSR count).